The number of nitrogens with zero attached hydrogens (tertiary/aromatic N) is 2. The Morgan fingerprint density at radius 3 is 2.95 bits per heavy atom. The van der Waals surface area contributed by atoms with Crippen molar-refractivity contribution in [2.75, 3.05) is 11.9 Å². The van der Waals surface area contributed by atoms with Crippen LogP contribution in [0.4, 0.5) is 5.82 Å². The number of amides is 1. The molecule has 1 aromatic carbocycles. The Kier molecular flexibility index (Phi) is 4.81. The largest absolute Gasteiger partial charge is 0.355 e. The van der Waals surface area contributed by atoms with Crippen LogP contribution < -0.4 is 22.0 Å². The van der Waals surface area contributed by atoms with E-state index in [0.717, 1.165) is 11.1 Å². The van der Waals surface area contributed by atoms with E-state index in [1.165, 1.54) is 6.21 Å². The van der Waals surface area contributed by atoms with Gasteiger partial charge in [-0.15, -0.1) is 5.10 Å². The normalized spacial score (nSPS) is 10.6. The maximum atomic E-state index is 11.6. The highest BCUT2D eigenvalue weighted by molar-refractivity contribution is 5.84. The van der Waals surface area contributed by atoms with Crippen molar-refractivity contribution in [3.8, 4) is 0 Å². The van der Waals surface area contributed by atoms with E-state index in [0.29, 0.717) is 0 Å². The zero-order valence-corrected chi connectivity index (χ0v) is 11.7. The molecule has 2 rings (SSSR count). The second-order valence-electron chi connectivity index (χ2n) is 4.42. The minimum atomic E-state index is -0.720. The number of aromatic nitrogens is 3. The summed E-state index contributed by atoms with van der Waals surface area (Å²) in [5.74, 6) is -0.617. The van der Waals surface area contributed by atoms with Gasteiger partial charge in [0, 0.05) is 0 Å². The van der Waals surface area contributed by atoms with E-state index in [-0.39, 0.29) is 12.4 Å². The smallest absolute Gasteiger partial charge is 0.342 e. The number of hydrazone groups is 1. The molecule has 0 aliphatic heterocycles. The lowest BCUT2D eigenvalue weighted by Gasteiger charge is -2.02. The van der Waals surface area contributed by atoms with Crippen LogP contribution in [0.3, 0.4) is 0 Å². The van der Waals surface area contributed by atoms with Gasteiger partial charge in [-0.05, 0) is 12.5 Å². The summed E-state index contributed by atoms with van der Waals surface area (Å²) in [4.78, 5) is 35.6. The number of hydrogen-bond donors (Lipinski definition) is 4. The maximum Gasteiger partial charge on any atom is 0.342 e. The fraction of sp³-hybridized carbons (Fsp3) is 0.154. The van der Waals surface area contributed by atoms with E-state index in [1.54, 1.807) is 0 Å². The number of aryl methyl sites for hydroxylation is 1. The summed E-state index contributed by atoms with van der Waals surface area (Å²) in [6.07, 6.45) is 1.51. The molecule has 0 fully saturated rings. The van der Waals surface area contributed by atoms with E-state index in [2.05, 4.69) is 20.9 Å². The summed E-state index contributed by atoms with van der Waals surface area (Å²) in [6.45, 7) is 1.74. The van der Waals surface area contributed by atoms with Crippen LogP contribution in [-0.2, 0) is 4.79 Å². The second-order valence-corrected chi connectivity index (χ2v) is 4.42. The lowest BCUT2D eigenvalue weighted by molar-refractivity contribution is -0.119. The number of carbonyl (C=O) groups excluding carboxylic acids is 1. The highest BCUT2D eigenvalue weighted by Crippen LogP contribution is 2.00. The fourth-order valence-corrected chi connectivity index (χ4v) is 1.60. The van der Waals surface area contributed by atoms with Crippen molar-refractivity contribution in [3.05, 3.63) is 56.2 Å². The van der Waals surface area contributed by atoms with Gasteiger partial charge < -0.3 is 5.32 Å². The van der Waals surface area contributed by atoms with Crippen LogP contribution in [0.1, 0.15) is 11.1 Å². The van der Waals surface area contributed by atoms with Gasteiger partial charge in [0.05, 0.1) is 12.8 Å². The Bertz CT molecular complexity index is 808. The van der Waals surface area contributed by atoms with Crippen molar-refractivity contribution >= 4 is 17.9 Å². The van der Waals surface area contributed by atoms with Gasteiger partial charge in [0.15, 0.2) is 0 Å². The number of rotatable bonds is 5. The quantitative estimate of drug-likeness (QED) is 0.429. The molecular formula is C13H14N6O3. The Morgan fingerprint density at radius 2 is 2.23 bits per heavy atom. The first-order chi connectivity index (χ1) is 10.5. The topological polar surface area (TPSA) is 132 Å². The number of nitrogens with one attached hydrogen (secondary N) is 4. The molecule has 2 aromatic rings. The number of benzene rings is 1. The Morgan fingerprint density at radius 1 is 1.41 bits per heavy atom. The van der Waals surface area contributed by atoms with Crippen molar-refractivity contribution < 1.29 is 4.79 Å². The molecule has 0 aliphatic carbocycles. The van der Waals surface area contributed by atoms with E-state index < -0.39 is 17.2 Å². The zero-order valence-electron chi connectivity index (χ0n) is 11.7. The molecule has 114 valence electrons. The lowest BCUT2D eigenvalue weighted by Crippen LogP contribution is -2.31. The van der Waals surface area contributed by atoms with Gasteiger partial charge in [-0.1, -0.05) is 29.8 Å². The highest BCUT2D eigenvalue weighted by atomic mass is 16.2. The average Bonchev–Trinajstić information content (AvgIpc) is 2.46. The van der Waals surface area contributed by atoms with Crippen LogP contribution >= 0.6 is 0 Å². The van der Waals surface area contributed by atoms with Gasteiger partial charge in [0.2, 0.25) is 5.82 Å². The van der Waals surface area contributed by atoms with Crippen LogP contribution in [0.15, 0.2) is 39.0 Å². The number of aromatic amines is 2. The first-order valence-electron chi connectivity index (χ1n) is 6.36. The summed E-state index contributed by atoms with van der Waals surface area (Å²) in [7, 11) is 0. The van der Waals surface area contributed by atoms with Crippen LogP contribution in [0, 0.1) is 6.92 Å². The molecule has 1 amide bonds. The maximum absolute atomic E-state index is 11.6. The third-order valence-electron chi connectivity index (χ3n) is 2.57. The van der Waals surface area contributed by atoms with Crippen LogP contribution in [-0.4, -0.2) is 33.8 Å². The SMILES string of the molecule is Cc1cccc(C=NNC(=O)CNc2n[nH]c(=O)[nH]c2=O)c1. The van der Waals surface area contributed by atoms with Crippen molar-refractivity contribution in [1.29, 1.82) is 0 Å². The number of carbonyl (C=O) groups is 1. The second kappa shape index (κ2) is 6.97. The van der Waals surface area contributed by atoms with Gasteiger partial charge >= 0.3 is 5.69 Å². The Hall–Kier alpha value is -3.23. The molecule has 0 saturated heterocycles. The molecule has 0 unspecified atom stereocenters. The van der Waals surface area contributed by atoms with Crippen molar-refractivity contribution in [2.24, 2.45) is 5.10 Å². The minimum absolute atomic E-state index is 0.155. The molecule has 0 spiro atoms. The fourth-order valence-electron chi connectivity index (χ4n) is 1.60. The molecule has 0 bridgehead atoms. The molecule has 0 aliphatic rings. The molecule has 9 nitrogen and oxygen atoms in total. The van der Waals surface area contributed by atoms with Gasteiger partial charge in [-0.25, -0.2) is 15.3 Å². The van der Waals surface area contributed by atoms with E-state index in [1.807, 2.05) is 41.3 Å². The average molecular weight is 302 g/mol. The molecule has 0 saturated carbocycles. The van der Waals surface area contributed by atoms with Gasteiger partial charge in [0.25, 0.3) is 11.5 Å². The molecular weight excluding hydrogens is 288 g/mol. The van der Waals surface area contributed by atoms with E-state index in [9.17, 15) is 14.4 Å². The third-order valence-corrected chi connectivity index (χ3v) is 2.57. The molecule has 0 atom stereocenters. The summed E-state index contributed by atoms with van der Waals surface area (Å²) < 4.78 is 0. The van der Waals surface area contributed by atoms with Crippen LogP contribution in [0.25, 0.3) is 0 Å². The van der Waals surface area contributed by atoms with Crippen LogP contribution in [0.5, 0.6) is 0 Å². The van der Waals surface area contributed by atoms with E-state index in [4.69, 9.17) is 0 Å². The monoisotopic (exact) mass is 302 g/mol. The predicted octanol–water partition coefficient (Wildman–Crippen LogP) is -0.671. The first-order valence-corrected chi connectivity index (χ1v) is 6.36. The Balaban J connectivity index is 1.85. The minimum Gasteiger partial charge on any atom is -0.355 e. The molecule has 0 radical (unpaired) electrons. The highest BCUT2D eigenvalue weighted by Gasteiger charge is 2.04. The van der Waals surface area contributed by atoms with Gasteiger partial charge in [0.1, 0.15) is 0 Å². The zero-order chi connectivity index (χ0) is 15.9. The molecule has 22 heavy (non-hydrogen) atoms. The summed E-state index contributed by atoms with van der Waals surface area (Å²) in [5.41, 5.74) is 2.82. The summed E-state index contributed by atoms with van der Waals surface area (Å²) >= 11 is 0. The summed E-state index contributed by atoms with van der Waals surface area (Å²) in [6, 6.07) is 7.60. The first kappa shape index (κ1) is 15.2. The van der Waals surface area contributed by atoms with E-state index >= 15 is 0 Å². The molecule has 1 heterocycles. The van der Waals surface area contributed by atoms with Crippen LogP contribution in [0.2, 0.25) is 0 Å². The summed E-state index contributed by atoms with van der Waals surface area (Å²) in [5, 5.41) is 11.8. The number of hydrogen-bond acceptors (Lipinski definition) is 6. The number of anilines is 1. The molecule has 9 heteroatoms. The van der Waals surface area contributed by atoms with Crippen molar-refractivity contribution in [3.63, 3.8) is 0 Å². The molecule has 1 aromatic heterocycles. The molecule has 4 N–H and O–H groups in total. The van der Waals surface area contributed by atoms with Gasteiger partial charge in [-0.3, -0.25) is 14.6 Å². The van der Waals surface area contributed by atoms with Crippen molar-refractivity contribution in [2.45, 2.75) is 6.92 Å². The Labute approximate surface area is 124 Å². The predicted molar refractivity (Wildman–Crippen MR) is 80.9 cm³/mol. The van der Waals surface area contributed by atoms with Gasteiger partial charge in [-0.2, -0.15) is 5.10 Å². The van der Waals surface area contributed by atoms with Crippen molar-refractivity contribution in [1.82, 2.24) is 20.6 Å². The number of H-pyrrole nitrogens is 2. The standard InChI is InChI=1S/C13H14N6O3/c1-8-3-2-4-9(5-8)6-15-17-10(20)7-14-11-12(21)16-13(22)19-18-11/h2-6H,7H2,1H3,(H,14,18)(H,17,20)(H2,16,19,21,22). The lowest BCUT2D eigenvalue weighted by atomic mass is 10.2. The third kappa shape index (κ3) is 4.40.